The van der Waals surface area contributed by atoms with Crippen LogP contribution in [0.15, 0.2) is 36.4 Å². The van der Waals surface area contributed by atoms with E-state index in [4.69, 9.17) is 4.74 Å². The number of aromatic hydroxyl groups is 2. The molecule has 15 heteroatoms. The van der Waals surface area contributed by atoms with E-state index in [0.29, 0.717) is 10.4 Å². The number of H-pyrrole nitrogens is 1. The Labute approximate surface area is 239 Å². The lowest BCUT2D eigenvalue weighted by molar-refractivity contribution is -0.249. The summed E-state index contributed by atoms with van der Waals surface area (Å²) in [5.74, 6) is -3.45. The van der Waals surface area contributed by atoms with Gasteiger partial charge in [-0.25, -0.2) is 0 Å². The maximum Gasteiger partial charge on any atom is 0.281 e. The number of carbonyl (C=O) groups is 3. The zero-order valence-corrected chi connectivity index (χ0v) is 21.9. The lowest BCUT2D eigenvalue weighted by Crippen LogP contribution is -2.56. The van der Waals surface area contributed by atoms with Crippen LogP contribution in [0.5, 0.6) is 11.5 Å². The first-order chi connectivity index (χ1) is 20.6. The Hall–Kier alpha value is -4.77. The molecule has 4 heterocycles. The van der Waals surface area contributed by atoms with Gasteiger partial charge < -0.3 is 50.0 Å². The number of carbonyl (C=O) groups excluding carboxylic acids is 3. The Morgan fingerprint density at radius 2 is 1.49 bits per heavy atom. The quantitative estimate of drug-likeness (QED) is 0.120. The number of ether oxygens (including phenoxy) is 1. The molecule has 3 amide bonds. The number of hydrogen-bond acceptors (Lipinski definition) is 11. The second-order valence-corrected chi connectivity index (χ2v) is 10.4. The molecule has 3 aromatic carbocycles. The number of hydrazine groups is 1. The van der Waals surface area contributed by atoms with Gasteiger partial charge in [0.15, 0.2) is 6.23 Å². The van der Waals surface area contributed by atoms with Crippen LogP contribution < -0.4 is 5.43 Å². The summed E-state index contributed by atoms with van der Waals surface area (Å²) in [6.45, 7) is -1.74. The van der Waals surface area contributed by atoms with E-state index in [2.05, 4.69) is 10.4 Å². The summed E-state index contributed by atoms with van der Waals surface area (Å²) in [6, 6.07) is 8.86. The van der Waals surface area contributed by atoms with Gasteiger partial charge in [0.05, 0.1) is 39.8 Å². The van der Waals surface area contributed by atoms with Gasteiger partial charge in [-0.15, -0.1) is 0 Å². The second kappa shape index (κ2) is 9.37. The highest BCUT2D eigenvalue weighted by molar-refractivity contribution is 6.39. The van der Waals surface area contributed by atoms with Gasteiger partial charge in [-0.05, 0) is 12.1 Å². The number of aliphatic hydroxyl groups is 5. The Balaban J connectivity index is 1.69. The molecule has 2 aliphatic rings. The molecule has 9 N–H and O–H groups in total. The number of amides is 3. The number of aromatic nitrogens is 2. The lowest BCUT2D eigenvalue weighted by atomic mass is 9.96. The summed E-state index contributed by atoms with van der Waals surface area (Å²) in [5, 5.41) is 74.4. The number of aromatic amines is 1. The van der Waals surface area contributed by atoms with Gasteiger partial charge >= 0.3 is 0 Å². The van der Waals surface area contributed by atoms with Gasteiger partial charge in [-0.2, -0.15) is 5.01 Å². The Morgan fingerprint density at radius 1 is 0.837 bits per heavy atom. The smallest absolute Gasteiger partial charge is 0.281 e. The van der Waals surface area contributed by atoms with Gasteiger partial charge in [0.25, 0.3) is 17.7 Å². The lowest BCUT2D eigenvalue weighted by Gasteiger charge is -2.41. The van der Waals surface area contributed by atoms with Crippen LogP contribution in [0.4, 0.5) is 0 Å². The number of aliphatic hydroxyl groups excluding tert-OH is 5. The third kappa shape index (κ3) is 3.48. The van der Waals surface area contributed by atoms with Crippen LogP contribution in [-0.4, -0.2) is 106 Å². The van der Waals surface area contributed by atoms with E-state index >= 15 is 0 Å². The summed E-state index contributed by atoms with van der Waals surface area (Å²) in [4.78, 5) is 42.8. The molecule has 2 aromatic heterocycles. The third-order valence-electron chi connectivity index (χ3n) is 8.14. The van der Waals surface area contributed by atoms with E-state index in [-0.39, 0.29) is 60.9 Å². The summed E-state index contributed by atoms with van der Waals surface area (Å²) >= 11 is 0. The SMILES string of the molecule is O=C(CO)NN1C(=O)c2c(c3c4cccc(O)c4n(C4OC(CO)C(O)C(O)C4O)c3c3[nH]c4c(O)cccc4c23)C1=O. The van der Waals surface area contributed by atoms with Crippen molar-refractivity contribution in [2.75, 3.05) is 13.2 Å². The van der Waals surface area contributed by atoms with E-state index in [9.17, 15) is 50.1 Å². The fourth-order valence-corrected chi connectivity index (χ4v) is 6.29. The molecule has 0 bridgehead atoms. The van der Waals surface area contributed by atoms with Crippen molar-refractivity contribution in [3.05, 3.63) is 47.5 Å². The standard InChI is InChI=1S/C28H24N4O11/c33-7-13-23(38)24(39)25(40)28(43-13)31-21-10(4-2-6-12(21)36)16-18-17(26(41)32(27(18)42)30-14(37)8-34)15-9-3-1-5-11(35)19(9)29-20(15)22(16)31/h1-6,13,23-25,28-29,33-36,38-40H,7-8H2,(H,30,37). The Bertz CT molecular complexity index is 2030. The molecule has 43 heavy (non-hydrogen) atoms. The number of nitrogens with zero attached hydrogens (tertiary/aromatic N) is 2. The predicted octanol–water partition coefficient (Wildman–Crippen LogP) is -0.568. The second-order valence-electron chi connectivity index (χ2n) is 10.4. The first-order valence-electron chi connectivity index (χ1n) is 13.1. The highest BCUT2D eigenvalue weighted by Gasteiger charge is 2.47. The number of para-hydroxylation sites is 2. The molecule has 2 aliphatic heterocycles. The Kier molecular flexibility index (Phi) is 5.90. The fraction of sp³-hybridized carbons (Fsp3) is 0.250. The number of fused-ring (bicyclic) bond motifs is 10. The topological polar surface area (TPSA) is 238 Å². The van der Waals surface area contributed by atoms with Crippen molar-refractivity contribution >= 4 is 61.3 Å². The molecule has 1 fully saturated rings. The largest absolute Gasteiger partial charge is 0.506 e. The van der Waals surface area contributed by atoms with Crippen molar-refractivity contribution in [2.24, 2.45) is 0 Å². The van der Waals surface area contributed by atoms with E-state index in [1.54, 1.807) is 6.07 Å². The molecule has 0 spiro atoms. The van der Waals surface area contributed by atoms with Gasteiger partial charge in [-0.1, -0.05) is 24.3 Å². The van der Waals surface area contributed by atoms with Gasteiger partial charge in [0.1, 0.15) is 42.5 Å². The molecular weight excluding hydrogens is 568 g/mol. The predicted molar refractivity (Wildman–Crippen MR) is 147 cm³/mol. The van der Waals surface area contributed by atoms with Gasteiger partial charge in [-0.3, -0.25) is 19.8 Å². The van der Waals surface area contributed by atoms with Crippen molar-refractivity contribution in [1.29, 1.82) is 0 Å². The zero-order chi connectivity index (χ0) is 30.5. The molecule has 5 unspecified atom stereocenters. The minimum absolute atomic E-state index is 0.0116. The molecule has 15 nitrogen and oxygen atoms in total. The molecule has 7 rings (SSSR count). The van der Waals surface area contributed by atoms with Crippen LogP contribution in [-0.2, 0) is 9.53 Å². The molecule has 5 aromatic rings. The normalized spacial score (nSPS) is 24.1. The van der Waals surface area contributed by atoms with Crippen molar-refractivity contribution in [3.63, 3.8) is 0 Å². The highest BCUT2D eigenvalue weighted by Crippen LogP contribution is 2.49. The Morgan fingerprint density at radius 3 is 2.16 bits per heavy atom. The van der Waals surface area contributed by atoms with Crippen molar-refractivity contribution in [1.82, 2.24) is 20.0 Å². The monoisotopic (exact) mass is 592 g/mol. The fourth-order valence-electron chi connectivity index (χ4n) is 6.29. The number of rotatable bonds is 4. The summed E-state index contributed by atoms with van der Waals surface area (Å²) in [6.07, 6.45) is -8.17. The van der Waals surface area contributed by atoms with Crippen LogP contribution in [0.3, 0.4) is 0 Å². The average molecular weight is 593 g/mol. The minimum atomic E-state index is -1.81. The molecule has 5 atom stereocenters. The molecule has 1 saturated heterocycles. The molecule has 0 radical (unpaired) electrons. The van der Waals surface area contributed by atoms with Gasteiger partial charge in [0.2, 0.25) is 0 Å². The maximum absolute atomic E-state index is 13.9. The minimum Gasteiger partial charge on any atom is -0.506 e. The zero-order valence-electron chi connectivity index (χ0n) is 21.9. The van der Waals surface area contributed by atoms with E-state index < -0.39 is 61.6 Å². The number of benzene rings is 3. The van der Waals surface area contributed by atoms with Crippen LogP contribution in [0, 0.1) is 0 Å². The number of phenols is 2. The first-order valence-corrected chi connectivity index (χ1v) is 13.1. The summed E-state index contributed by atoms with van der Waals surface area (Å²) in [5.41, 5.74) is 2.22. The molecular formula is C28H24N4O11. The van der Waals surface area contributed by atoms with E-state index in [1.165, 1.54) is 34.9 Å². The first kappa shape index (κ1) is 27.1. The number of hydrogen-bond donors (Lipinski definition) is 9. The van der Waals surface area contributed by atoms with Crippen LogP contribution >= 0.6 is 0 Å². The van der Waals surface area contributed by atoms with Crippen molar-refractivity contribution in [2.45, 2.75) is 30.6 Å². The third-order valence-corrected chi connectivity index (χ3v) is 8.14. The van der Waals surface area contributed by atoms with Crippen LogP contribution in [0.25, 0.3) is 43.6 Å². The summed E-state index contributed by atoms with van der Waals surface area (Å²) < 4.78 is 7.18. The number of imide groups is 1. The molecule has 0 saturated carbocycles. The van der Waals surface area contributed by atoms with Gasteiger partial charge in [0, 0.05) is 21.5 Å². The van der Waals surface area contributed by atoms with Crippen molar-refractivity contribution < 1.29 is 54.9 Å². The van der Waals surface area contributed by atoms with Crippen molar-refractivity contribution in [3.8, 4) is 11.5 Å². The highest BCUT2D eigenvalue weighted by atomic mass is 16.6. The average Bonchev–Trinajstić information content (AvgIpc) is 3.62. The van der Waals surface area contributed by atoms with E-state index in [1.807, 2.05) is 0 Å². The number of nitrogens with one attached hydrogen (secondary N) is 2. The molecule has 222 valence electrons. The number of phenolic OH excluding ortho intramolecular Hbond substituents is 2. The summed E-state index contributed by atoms with van der Waals surface area (Å²) in [7, 11) is 0. The maximum atomic E-state index is 13.9. The molecule has 0 aliphatic carbocycles. The van der Waals surface area contributed by atoms with Crippen LogP contribution in [0.2, 0.25) is 0 Å². The van der Waals surface area contributed by atoms with Crippen LogP contribution in [0.1, 0.15) is 26.9 Å². The van der Waals surface area contributed by atoms with E-state index in [0.717, 1.165) is 0 Å².